The number of piperidine rings is 1. The largest absolute Gasteiger partial charge is 0.365 e. The molecule has 0 amide bonds. The lowest BCUT2D eigenvalue weighted by Crippen LogP contribution is -2.43. The normalized spacial score (nSPS) is 27.0. The van der Waals surface area contributed by atoms with Crippen LogP contribution in [0.2, 0.25) is 0 Å². The van der Waals surface area contributed by atoms with Gasteiger partial charge in [0.15, 0.2) is 0 Å². The Morgan fingerprint density at radius 2 is 1.56 bits per heavy atom. The summed E-state index contributed by atoms with van der Waals surface area (Å²) in [7, 11) is 2.26. The van der Waals surface area contributed by atoms with Gasteiger partial charge in [-0.25, -0.2) is 0 Å². The van der Waals surface area contributed by atoms with Crippen LogP contribution in [0.15, 0.2) is 54.6 Å². The van der Waals surface area contributed by atoms with Crippen LogP contribution in [0.4, 0.5) is 0 Å². The molecule has 25 heavy (non-hydrogen) atoms. The molecule has 2 aliphatic heterocycles. The summed E-state index contributed by atoms with van der Waals surface area (Å²) >= 11 is 0. The molecule has 0 radical (unpaired) electrons. The van der Waals surface area contributed by atoms with E-state index in [1.165, 1.54) is 18.4 Å². The second kappa shape index (κ2) is 7.00. The second-order valence-electron chi connectivity index (χ2n) is 7.30. The average Bonchev–Trinajstić information content (AvgIpc) is 2.87. The highest BCUT2D eigenvalue weighted by Gasteiger charge is 2.39. The Kier molecular flexibility index (Phi) is 4.57. The van der Waals surface area contributed by atoms with Gasteiger partial charge in [-0.3, -0.25) is 0 Å². The van der Waals surface area contributed by atoms with Gasteiger partial charge < -0.3 is 9.64 Å². The molecule has 2 unspecified atom stereocenters. The lowest BCUT2D eigenvalue weighted by Gasteiger charge is -2.38. The molecule has 0 N–H and O–H groups in total. The van der Waals surface area contributed by atoms with Gasteiger partial charge in [0.05, 0.1) is 17.7 Å². The first-order valence-corrected chi connectivity index (χ1v) is 9.17. The van der Waals surface area contributed by atoms with E-state index in [4.69, 9.17) is 10.00 Å². The standard InChI is InChI=1S/C22H24N2O/c1-24-19-11-12-20(24)14-21(13-19)25-22(17-5-3-2-4-6-17)18-9-7-16(15-23)8-10-18/h2-10,19-22H,11-14H2,1H3/t19-,20+,21?,22?. The smallest absolute Gasteiger partial charge is 0.108 e. The van der Waals surface area contributed by atoms with E-state index in [1.807, 2.05) is 30.3 Å². The van der Waals surface area contributed by atoms with Crippen LogP contribution in [0.1, 0.15) is 48.5 Å². The molecule has 2 heterocycles. The van der Waals surface area contributed by atoms with Crippen LogP contribution >= 0.6 is 0 Å². The zero-order chi connectivity index (χ0) is 17.2. The molecule has 2 aromatic rings. The number of hydrogen-bond acceptors (Lipinski definition) is 3. The Labute approximate surface area is 149 Å². The van der Waals surface area contributed by atoms with Gasteiger partial charge in [0.25, 0.3) is 0 Å². The third-order valence-corrected chi connectivity index (χ3v) is 5.83. The van der Waals surface area contributed by atoms with Gasteiger partial charge in [-0.2, -0.15) is 5.26 Å². The summed E-state index contributed by atoms with van der Waals surface area (Å²) in [5.74, 6) is 0. The van der Waals surface area contributed by atoms with E-state index in [9.17, 15) is 0 Å². The lowest BCUT2D eigenvalue weighted by atomic mass is 9.97. The van der Waals surface area contributed by atoms with Crippen molar-refractivity contribution in [3.8, 4) is 6.07 Å². The molecule has 2 fully saturated rings. The van der Waals surface area contributed by atoms with Gasteiger partial charge in [-0.05, 0) is 56.0 Å². The summed E-state index contributed by atoms with van der Waals surface area (Å²) in [6.07, 6.45) is 5.07. The first kappa shape index (κ1) is 16.3. The fourth-order valence-electron chi connectivity index (χ4n) is 4.37. The van der Waals surface area contributed by atoms with Crippen molar-refractivity contribution in [2.24, 2.45) is 0 Å². The first-order valence-electron chi connectivity index (χ1n) is 9.17. The van der Waals surface area contributed by atoms with Crippen molar-refractivity contribution < 1.29 is 4.74 Å². The molecule has 4 atom stereocenters. The van der Waals surface area contributed by atoms with E-state index in [1.54, 1.807) is 0 Å². The lowest BCUT2D eigenvalue weighted by molar-refractivity contribution is -0.0426. The molecule has 2 saturated heterocycles. The minimum atomic E-state index is -0.0678. The van der Waals surface area contributed by atoms with E-state index >= 15 is 0 Å². The van der Waals surface area contributed by atoms with E-state index < -0.39 is 0 Å². The van der Waals surface area contributed by atoms with Gasteiger partial charge >= 0.3 is 0 Å². The zero-order valence-corrected chi connectivity index (χ0v) is 14.6. The quantitative estimate of drug-likeness (QED) is 0.838. The number of nitrogens with zero attached hydrogens (tertiary/aromatic N) is 2. The molecular weight excluding hydrogens is 308 g/mol. The second-order valence-corrected chi connectivity index (χ2v) is 7.30. The maximum Gasteiger partial charge on any atom is 0.108 e. The van der Waals surface area contributed by atoms with Crippen LogP contribution in [0.25, 0.3) is 0 Å². The summed E-state index contributed by atoms with van der Waals surface area (Å²) in [4.78, 5) is 2.54. The molecule has 0 aliphatic carbocycles. The highest BCUT2D eigenvalue weighted by molar-refractivity contribution is 5.36. The fraction of sp³-hybridized carbons (Fsp3) is 0.409. The number of fused-ring (bicyclic) bond motifs is 2. The van der Waals surface area contributed by atoms with E-state index in [-0.39, 0.29) is 6.10 Å². The van der Waals surface area contributed by atoms with Gasteiger partial charge in [-0.15, -0.1) is 0 Å². The minimum Gasteiger partial charge on any atom is -0.365 e. The SMILES string of the molecule is CN1[C@@H]2CC[C@H]1CC(OC(c1ccccc1)c1ccc(C#N)cc1)C2. The molecule has 128 valence electrons. The van der Waals surface area contributed by atoms with Crippen molar-refractivity contribution in [3.63, 3.8) is 0 Å². The third kappa shape index (κ3) is 3.33. The maximum atomic E-state index is 9.05. The van der Waals surface area contributed by atoms with Crippen LogP contribution in [0, 0.1) is 11.3 Å². The summed E-state index contributed by atoms with van der Waals surface area (Å²) in [6, 6.07) is 21.8. The van der Waals surface area contributed by atoms with Gasteiger partial charge in [0.2, 0.25) is 0 Å². The predicted octanol–water partition coefficient (Wildman–Crippen LogP) is 4.29. The summed E-state index contributed by atoms with van der Waals surface area (Å²) in [6.45, 7) is 0. The Balaban J connectivity index is 1.59. The van der Waals surface area contributed by atoms with Crippen LogP contribution < -0.4 is 0 Å². The summed E-state index contributed by atoms with van der Waals surface area (Å²) in [5.41, 5.74) is 2.99. The number of nitriles is 1. The van der Waals surface area contributed by atoms with E-state index in [2.05, 4.69) is 42.3 Å². The molecule has 0 saturated carbocycles. The molecule has 3 nitrogen and oxygen atoms in total. The molecule has 3 heteroatoms. The van der Waals surface area contributed by atoms with Crippen LogP contribution in [-0.2, 0) is 4.74 Å². The Bertz CT molecular complexity index is 736. The fourth-order valence-corrected chi connectivity index (χ4v) is 4.37. The van der Waals surface area contributed by atoms with Gasteiger partial charge in [0.1, 0.15) is 6.10 Å². The summed E-state index contributed by atoms with van der Waals surface area (Å²) in [5, 5.41) is 9.05. The summed E-state index contributed by atoms with van der Waals surface area (Å²) < 4.78 is 6.66. The number of benzene rings is 2. The van der Waals surface area contributed by atoms with E-state index in [0.29, 0.717) is 23.8 Å². The molecule has 2 aromatic carbocycles. The third-order valence-electron chi connectivity index (χ3n) is 5.83. The topological polar surface area (TPSA) is 36.3 Å². The van der Waals surface area contributed by atoms with Crippen molar-refractivity contribution in [1.29, 1.82) is 5.26 Å². The van der Waals surface area contributed by atoms with Gasteiger partial charge in [-0.1, -0.05) is 42.5 Å². The molecule has 4 rings (SSSR count). The molecular formula is C22H24N2O. The average molecular weight is 332 g/mol. The number of ether oxygens (including phenoxy) is 1. The van der Waals surface area contributed by atoms with Gasteiger partial charge in [0, 0.05) is 12.1 Å². The highest BCUT2D eigenvalue weighted by atomic mass is 16.5. The van der Waals surface area contributed by atoms with Crippen molar-refractivity contribution in [3.05, 3.63) is 71.3 Å². The minimum absolute atomic E-state index is 0.0678. The Morgan fingerprint density at radius 1 is 0.960 bits per heavy atom. The molecule has 2 aliphatic rings. The predicted molar refractivity (Wildman–Crippen MR) is 98.1 cm³/mol. The first-order chi connectivity index (χ1) is 12.2. The van der Waals surface area contributed by atoms with Crippen LogP contribution in [0.3, 0.4) is 0 Å². The Morgan fingerprint density at radius 3 is 2.16 bits per heavy atom. The molecule has 2 bridgehead atoms. The van der Waals surface area contributed by atoms with Crippen LogP contribution in [0.5, 0.6) is 0 Å². The highest BCUT2D eigenvalue weighted by Crippen LogP contribution is 2.38. The van der Waals surface area contributed by atoms with Crippen molar-refractivity contribution >= 4 is 0 Å². The molecule has 0 spiro atoms. The zero-order valence-electron chi connectivity index (χ0n) is 14.6. The maximum absolute atomic E-state index is 9.05. The van der Waals surface area contributed by atoms with Crippen molar-refractivity contribution in [2.45, 2.75) is 50.0 Å². The van der Waals surface area contributed by atoms with Crippen molar-refractivity contribution in [1.82, 2.24) is 4.90 Å². The Hall–Kier alpha value is -2.15. The monoisotopic (exact) mass is 332 g/mol. The van der Waals surface area contributed by atoms with E-state index in [0.717, 1.165) is 18.4 Å². The van der Waals surface area contributed by atoms with Crippen LogP contribution in [-0.4, -0.2) is 30.1 Å². The van der Waals surface area contributed by atoms with Crippen molar-refractivity contribution in [2.75, 3.05) is 7.05 Å². The number of hydrogen-bond donors (Lipinski definition) is 0. The number of rotatable bonds is 4. The molecule has 0 aromatic heterocycles.